The molecule has 3 aromatic carbocycles. The molecule has 1 fully saturated rings. The monoisotopic (exact) mass is 541 g/mol. The summed E-state index contributed by atoms with van der Waals surface area (Å²) in [5.41, 5.74) is 2.61. The Balaban J connectivity index is 1.73. The van der Waals surface area contributed by atoms with E-state index in [1.165, 1.54) is 4.90 Å². The summed E-state index contributed by atoms with van der Waals surface area (Å²) in [6.07, 6.45) is 0.273. The quantitative estimate of drug-likeness (QED) is 0.278. The van der Waals surface area contributed by atoms with Gasteiger partial charge in [-0.3, -0.25) is 14.5 Å². The Morgan fingerprint density at radius 1 is 1.03 bits per heavy atom. The van der Waals surface area contributed by atoms with Crippen molar-refractivity contribution in [1.29, 1.82) is 5.26 Å². The molecule has 1 aliphatic heterocycles. The van der Waals surface area contributed by atoms with Crippen molar-refractivity contribution in [1.82, 2.24) is 0 Å². The highest BCUT2D eigenvalue weighted by molar-refractivity contribution is 8.05. The second kappa shape index (κ2) is 10.8. The highest BCUT2D eigenvalue weighted by Gasteiger charge is 2.41. The van der Waals surface area contributed by atoms with Crippen LogP contribution < -0.4 is 10.2 Å². The number of thioether (sulfide) groups is 1. The van der Waals surface area contributed by atoms with E-state index < -0.39 is 11.2 Å². The smallest absolute Gasteiger partial charge is 0.269 e. The Kier molecular flexibility index (Phi) is 7.73. The van der Waals surface area contributed by atoms with Gasteiger partial charge >= 0.3 is 0 Å². The van der Waals surface area contributed by atoms with Crippen LogP contribution in [-0.4, -0.2) is 17.1 Å². The molecule has 0 saturated carbocycles. The highest BCUT2D eigenvalue weighted by atomic mass is 35.5. The van der Waals surface area contributed by atoms with Gasteiger partial charge in [0.15, 0.2) is 0 Å². The van der Waals surface area contributed by atoms with Gasteiger partial charge in [0, 0.05) is 26.4 Å². The molecule has 1 saturated heterocycles. The zero-order valence-corrected chi connectivity index (χ0v) is 21.5. The molecule has 1 unspecified atom stereocenters. The average Bonchev–Trinajstić information content (AvgIpc) is 3.14. The summed E-state index contributed by atoms with van der Waals surface area (Å²) in [6, 6.07) is 20.9. The summed E-state index contributed by atoms with van der Waals surface area (Å²) < 4.78 is 0. The molecule has 1 N–H and O–H groups in total. The lowest BCUT2D eigenvalue weighted by atomic mass is 10.1. The summed E-state index contributed by atoms with van der Waals surface area (Å²) in [5, 5.41) is 13.8. The molecule has 2 amide bonds. The Bertz CT molecular complexity index is 1370. The number of carbonyl (C=O) groups excluding carboxylic acids is 2. The topological polar surface area (TPSA) is 73.2 Å². The largest absolute Gasteiger partial charge is 0.321 e. The lowest BCUT2D eigenvalue weighted by Crippen LogP contribution is -2.31. The van der Waals surface area contributed by atoms with Gasteiger partial charge in [0.05, 0.1) is 5.25 Å². The van der Waals surface area contributed by atoms with Crippen molar-refractivity contribution >= 4 is 69.8 Å². The Hall–Kier alpha value is -2.95. The molecule has 1 heterocycles. The van der Waals surface area contributed by atoms with Crippen LogP contribution >= 0.6 is 46.6 Å². The predicted molar refractivity (Wildman–Crippen MR) is 143 cm³/mol. The van der Waals surface area contributed by atoms with Crippen molar-refractivity contribution in [3.05, 3.63) is 104 Å². The maximum absolute atomic E-state index is 13.6. The first-order valence-corrected chi connectivity index (χ1v) is 12.5. The summed E-state index contributed by atoms with van der Waals surface area (Å²) in [4.78, 5) is 28.1. The number of amides is 2. The number of rotatable bonds is 5. The van der Waals surface area contributed by atoms with Crippen molar-refractivity contribution in [3.8, 4) is 6.07 Å². The van der Waals surface area contributed by atoms with Crippen LogP contribution in [-0.2, 0) is 16.0 Å². The lowest BCUT2D eigenvalue weighted by molar-refractivity contribution is -0.117. The van der Waals surface area contributed by atoms with E-state index in [2.05, 4.69) is 5.32 Å². The van der Waals surface area contributed by atoms with Crippen LogP contribution in [0.4, 0.5) is 11.4 Å². The third kappa shape index (κ3) is 5.66. The van der Waals surface area contributed by atoms with Crippen LogP contribution in [0.2, 0.25) is 15.1 Å². The number of nitrogens with one attached hydrogen (secondary N) is 1. The van der Waals surface area contributed by atoms with Gasteiger partial charge < -0.3 is 5.32 Å². The van der Waals surface area contributed by atoms with Crippen molar-refractivity contribution in [3.63, 3.8) is 0 Å². The number of nitriles is 1. The second-order valence-electron chi connectivity index (χ2n) is 7.81. The van der Waals surface area contributed by atoms with Crippen molar-refractivity contribution in [2.24, 2.45) is 0 Å². The fourth-order valence-corrected chi connectivity index (χ4v) is 5.35. The fourth-order valence-electron chi connectivity index (χ4n) is 3.54. The normalized spacial score (nSPS) is 16.7. The molecule has 3 aromatic rings. The van der Waals surface area contributed by atoms with E-state index in [9.17, 15) is 14.9 Å². The van der Waals surface area contributed by atoms with Gasteiger partial charge in [-0.1, -0.05) is 64.3 Å². The van der Waals surface area contributed by atoms with Crippen molar-refractivity contribution in [2.75, 3.05) is 10.2 Å². The first kappa shape index (κ1) is 25.2. The van der Waals surface area contributed by atoms with Crippen LogP contribution in [0.1, 0.15) is 11.1 Å². The average molecular weight is 543 g/mol. The number of nitrogens with zero attached hydrogens (tertiary/aromatic N) is 2. The number of halogens is 3. The number of hydrogen-bond donors (Lipinski definition) is 1. The minimum atomic E-state index is -0.618. The summed E-state index contributed by atoms with van der Waals surface area (Å²) in [5.74, 6) is -0.883. The molecule has 9 heteroatoms. The Labute approximate surface area is 222 Å². The van der Waals surface area contributed by atoms with Gasteiger partial charge in [-0.15, -0.1) is 0 Å². The van der Waals surface area contributed by atoms with Crippen molar-refractivity contribution in [2.45, 2.75) is 18.6 Å². The van der Waals surface area contributed by atoms with Crippen LogP contribution in [0.15, 0.2) is 77.3 Å². The SMILES string of the molecule is Cc1ccc(NC(=O)/C(C#N)=C2\SC(Cc3cc(Cl)ccc3Cl)C(=O)N2c2ccc(Cl)cc2)cc1. The number of aryl methyl sites for hydroxylation is 1. The molecule has 1 aliphatic rings. The van der Waals surface area contributed by atoms with E-state index >= 15 is 0 Å². The van der Waals surface area contributed by atoms with Gasteiger partial charge in [-0.2, -0.15) is 5.26 Å². The first-order valence-electron chi connectivity index (χ1n) is 10.5. The molecule has 0 spiro atoms. The molecule has 0 aliphatic carbocycles. The molecular formula is C26H18Cl3N3O2S. The first-order chi connectivity index (χ1) is 16.8. The summed E-state index contributed by atoms with van der Waals surface area (Å²) in [7, 11) is 0. The predicted octanol–water partition coefficient (Wildman–Crippen LogP) is 7.02. The number of benzene rings is 3. The fraction of sp³-hybridized carbons (Fsp3) is 0.115. The zero-order valence-electron chi connectivity index (χ0n) is 18.4. The van der Waals surface area contributed by atoms with Gasteiger partial charge in [0.1, 0.15) is 16.7 Å². The molecule has 176 valence electrons. The van der Waals surface area contributed by atoms with Gasteiger partial charge in [-0.25, -0.2) is 0 Å². The Morgan fingerprint density at radius 3 is 2.34 bits per heavy atom. The molecule has 4 rings (SSSR count). The highest BCUT2D eigenvalue weighted by Crippen LogP contribution is 2.43. The maximum atomic E-state index is 13.6. The minimum absolute atomic E-state index is 0.168. The van der Waals surface area contributed by atoms with Crippen molar-refractivity contribution < 1.29 is 9.59 Å². The van der Waals surface area contributed by atoms with Gasteiger partial charge in [0.25, 0.3) is 5.91 Å². The summed E-state index contributed by atoms with van der Waals surface area (Å²) >= 11 is 19.6. The Morgan fingerprint density at radius 2 is 1.69 bits per heavy atom. The molecule has 35 heavy (non-hydrogen) atoms. The molecule has 0 radical (unpaired) electrons. The molecular weight excluding hydrogens is 525 g/mol. The number of anilines is 2. The number of hydrogen-bond acceptors (Lipinski definition) is 4. The van der Waals surface area contributed by atoms with Crippen LogP contribution in [0.5, 0.6) is 0 Å². The van der Waals surface area contributed by atoms with Gasteiger partial charge in [0.2, 0.25) is 5.91 Å². The van der Waals surface area contributed by atoms with Gasteiger partial charge in [-0.05, 0) is 73.5 Å². The lowest BCUT2D eigenvalue weighted by Gasteiger charge is -2.19. The third-order valence-electron chi connectivity index (χ3n) is 5.31. The molecule has 1 atom stereocenters. The van der Waals surface area contributed by atoms with E-state index in [0.717, 1.165) is 17.3 Å². The molecule has 0 aromatic heterocycles. The van der Waals surface area contributed by atoms with Crippen LogP contribution in [0.25, 0.3) is 0 Å². The standard InChI is InChI=1S/C26H18Cl3N3O2S/c1-15-2-7-19(8-3-15)31-24(33)21(14-30)26-32(20-9-4-17(27)5-10-20)25(34)23(35-26)13-16-12-18(28)6-11-22(16)29/h2-12,23H,13H2,1H3,(H,31,33)/b26-21-. The second-order valence-corrected chi connectivity index (χ2v) is 10.3. The third-order valence-corrected chi connectivity index (χ3v) is 7.43. The van der Waals surface area contributed by atoms with E-state index in [-0.39, 0.29) is 22.9 Å². The summed E-state index contributed by atoms with van der Waals surface area (Å²) in [6.45, 7) is 1.94. The molecule has 0 bridgehead atoms. The van der Waals surface area contributed by atoms with E-state index in [1.807, 2.05) is 25.1 Å². The maximum Gasteiger partial charge on any atom is 0.269 e. The van der Waals surface area contributed by atoms with E-state index in [0.29, 0.717) is 32.0 Å². The minimum Gasteiger partial charge on any atom is -0.321 e. The number of carbonyl (C=O) groups is 2. The van der Waals surface area contributed by atoms with E-state index in [4.69, 9.17) is 34.8 Å². The van der Waals surface area contributed by atoms with Crippen LogP contribution in [0.3, 0.4) is 0 Å². The van der Waals surface area contributed by atoms with Crippen LogP contribution in [0, 0.1) is 18.3 Å². The molecule has 5 nitrogen and oxygen atoms in total. The zero-order chi connectivity index (χ0) is 25.1. The van der Waals surface area contributed by atoms with E-state index in [1.54, 1.807) is 54.6 Å².